The zero-order valence-corrected chi connectivity index (χ0v) is 14.9. The molecule has 1 aromatic rings. The smallest absolute Gasteiger partial charge is 0.0641 e. The van der Waals surface area contributed by atoms with E-state index in [0.29, 0.717) is 10.3 Å². The average molecular weight is 283 g/mol. The molecule has 0 fully saturated rings. The predicted octanol–water partition coefficient (Wildman–Crippen LogP) is 4.15. The number of aromatic nitrogens is 1. The monoisotopic (exact) mass is 283 g/mol. The van der Waals surface area contributed by atoms with Gasteiger partial charge in [-0.05, 0) is 35.8 Å². The standard InChI is InChI=1S/C15H27NP2/c1-14(2,3)17(7)12-10-9-11-13(16-12)18(8)15(4,5)6/h9-11H,1-8H3. The Kier molecular flexibility index (Phi) is 4.96. The third-order valence-electron chi connectivity index (χ3n) is 3.42. The Morgan fingerprint density at radius 1 is 0.778 bits per heavy atom. The van der Waals surface area contributed by atoms with Crippen LogP contribution in [0, 0.1) is 0 Å². The molecule has 3 heteroatoms. The van der Waals surface area contributed by atoms with Crippen molar-refractivity contribution in [2.45, 2.75) is 51.9 Å². The summed E-state index contributed by atoms with van der Waals surface area (Å²) in [6, 6.07) is 6.59. The lowest BCUT2D eigenvalue weighted by Crippen LogP contribution is -2.27. The first-order chi connectivity index (χ1) is 8.03. The molecule has 0 spiro atoms. The van der Waals surface area contributed by atoms with Gasteiger partial charge in [-0.1, -0.05) is 63.5 Å². The minimum Gasteiger partial charge on any atom is -0.248 e. The van der Waals surface area contributed by atoms with Crippen LogP contribution in [0.25, 0.3) is 0 Å². The van der Waals surface area contributed by atoms with Gasteiger partial charge in [-0.2, -0.15) is 0 Å². The van der Waals surface area contributed by atoms with Gasteiger partial charge in [0.05, 0.1) is 10.9 Å². The highest BCUT2D eigenvalue weighted by Gasteiger charge is 2.25. The highest BCUT2D eigenvalue weighted by molar-refractivity contribution is 7.67. The second-order valence-corrected chi connectivity index (χ2v) is 12.6. The van der Waals surface area contributed by atoms with Crippen LogP contribution in [0.1, 0.15) is 41.5 Å². The van der Waals surface area contributed by atoms with Gasteiger partial charge in [0.2, 0.25) is 0 Å². The van der Waals surface area contributed by atoms with Gasteiger partial charge in [-0.3, -0.25) is 0 Å². The second kappa shape index (κ2) is 5.56. The predicted molar refractivity (Wildman–Crippen MR) is 88.7 cm³/mol. The number of pyridine rings is 1. The van der Waals surface area contributed by atoms with Crippen molar-refractivity contribution in [2.24, 2.45) is 0 Å². The van der Waals surface area contributed by atoms with E-state index in [1.54, 1.807) is 0 Å². The molecule has 1 nitrogen and oxygen atoms in total. The molecule has 2 atom stereocenters. The summed E-state index contributed by atoms with van der Waals surface area (Å²) in [5.74, 6) is 0. The summed E-state index contributed by atoms with van der Waals surface area (Å²) in [5, 5.41) is 0.665. The molecule has 1 aromatic heterocycles. The second-order valence-electron chi connectivity index (χ2n) is 6.81. The van der Waals surface area contributed by atoms with E-state index in [1.807, 2.05) is 0 Å². The first-order valence-corrected chi connectivity index (χ1v) is 10.1. The van der Waals surface area contributed by atoms with Crippen LogP contribution in [0.5, 0.6) is 0 Å². The summed E-state index contributed by atoms with van der Waals surface area (Å²) in [6.45, 7) is 18.6. The summed E-state index contributed by atoms with van der Waals surface area (Å²) in [6.07, 6.45) is 0. The highest BCUT2D eigenvalue weighted by Crippen LogP contribution is 2.46. The highest BCUT2D eigenvalue weighted by atomic mass is 31.1. The Labute approximate surface area is 115 Å². The lowest BCUT2D eigenvalue weighted by Gasteiger charge is -2.30. The number of hydrogen-bond acceptors (Lipinski definition) is 1. The summed E-state index contributed by atoms with van der Waals surface area (Å²) in [5.41, 5.74) is 2.60. The molecular weight excluding hydrogens is 256 g/mol. The van der Waals surface area contributed by atoms with Crippen molar-refractivity contribution in [1.29, 1.82) is 0 Å². The van der Waals surface area contributed by atoms with E-state index in [4.69, 9.17) is 4.98 Å². The van der Waals surface area contributed by atoms with Gasteiger partial charge in [0.25, 0.3) is 0 Å². The Balaban J connectivity index is 3.07. The fourth-order valence-corrected chi connectivity index (χ4v) is 4.06. The molecule has 0 radical (unpaired) electrons. The molecule has 0 saturated carbocycles. The maximum atomic E-state index is 4.96. The number of hydrogen-bond donors (Lipinski definition) is 0. The van der Waals surface area contributed by atoms with Crippen molar-refractivity contribution in [3.8, 4) is 0 Å². The van der Waals surface area contributed by atoms with E-state index < -0.39 is 0 Å². The minimum absolute atomic E-state index is 0.194. The van der Waals surface area contributed by atoms with Gasteiger partial charge in [-0.15, -0.1) is 0 Å². The normalized spacial score (nSPS) is 16.4. The largest absolute Gasteiger partial charge is 0.248 e. The van der Waals surface area contributed by atoms with Crippen molar-refractivity contribution >= 4 is 26.7 Å². The van der Waals surface area contributed by atoms with Gasteiger partial charge >= 0.3 is 0 Å². The van der Waals surface area contributed by atoms with E-state index in [9.17, 15) is 0 Å². The molecule has 0 bridgehead atoms. The lowest BCUT2D eigenvalue weighted by molar-refractivity contribution is 0.789. The quantitative estimate of drug-likeness (QED) is 0.743. The van der Waals surface area contributed by atoms with Crippen LogP contribution in [-0.4, -0.2) is 28.6 Å². The molecule has 0 aliphatic rings. The molecule has 0 amide bonds. The van der Waals surface area contributed by atoms with E-state index in [0.717, 1.165) is 0 Å². The average Bonchev–Trinajstić information content (AvgIpc) is 2.24. The van der Waals surface area contributed by atoms with Crippen molar-refractivity contribution in [3.05, 3.63) is 18.2 Å². The summed E-state index contributed by atoms with van der Waals surface area (Å²) in [7, 11) is -0.389. The molecular formula is C15H27NP2. The van der Waals surface area contributed by atoms with Crippen LogP contribution < -0.4 is 10.9 Å². The van der Waals surface area contributed by atoms with Crippen molar-refractivity contribution in [3.63, 3.8) is 0 Å². The van der Waals surface area contributed by atoms with Gasteiger partial charge in [0, 0.05) is 0 Å². The van der Waals surface area contributed by atoms with E-state index in [2.05, 4.69) is 73.1 Å². The van der Waals surface area contributed by atoms with Gasteiger partial charge < -0.3 is 0 Å². The maximum absolute atomic E-state index is 4.96. The van der Waals surface area contributed by atoms with Crippen LogP contribution >= 0.6 is 15.8 Å². The van der Waals surface area contributed by atoms with Crippen molar-refractivity contribution in [2.75, 3.05) is 13.3 Å². The molecule has 0 saturated heterocycles. The topological polar surface area (TPSA) is 12.9 Å². The summed E-state index contributed by atoms with van der Waals surface area (Å²) < 4.78 is 0. The van der Waals surface area contributed by atoms with Crippen molar-refractivity contribution in [1.82, 2.24) is 4.98 Å². The molecule has 1 rings (SSSR count). The Morgan fingerprint density at radius 3 is 1.39 bits per heavy atom. The molecule has 0 aliphatic heterocycles. The Bertz CT molecular complexity index is 366. The van der Waals surface area contributed by atoms with E-state index >= 15 is 0 Å². The Morgan fingerprint density at radius 2 is 1.11 bits per heavy atom. The summed E-state index contributed by atoms with van der Waals surface area (Å²) in [4.78, 5) is 4.96. The van der Waals surface area contributed by atoms with Crippen LogP contribution in [0.2, 0.25) is 0 Å². The molecule has 1 heterocycles. The molecule has 2 unspecified atom stereocenters. The molecule has 0 aliphatic carbocycles. The molecule has 0 N–H and O–H groups in total. The van der Waals surface area contributed by atoms with Crippen LogP contribution in [0.15, 0.2) is 18.2 Å². The third kappa shape index (κ3) is 4.01. The number of nitrogens with zero attached hydrogens (tertiary/aromatic N) is 1. The molecule has 0 aromatic carbocycles. The maximum Gasteiger partial charge on any atom is 0.0641 e. The minimum atomic E-state index is -0.194. The fraction of sp³-hybridized carbons (Fsp3) is 0.667. The van der Waals surface area contributed by atoms with Gasteiger partial charge in [-0.25, -0.2) is 4.98 Å². The van der Waals surface area contributed by atoms with Crippen LogP contribution in [0.4, 0.5) is 0 Å². The van der Waals surface area contributed by atoms with Crippen LogP contribution in [0.3, 0.4) is 0 Å². The van der Waals surface area contributed by atoms with E-state index in [1.165, 1.54) is 10.9 Å². The lowest BCUT2D eigenvalue weighted by atomic mass is 10.3. The zero-order chi connectivity index (χ0) is 14.1. The van der Waals surface area contributed by atoms with Crippen molar-refractivity contribution < 1.29 is 0 Å². The molecule has 18 heavy (non-hydrogen) atoms. The van der Waals surface area contributed by atoms with E-state index in [-0.39, 0.29) is 15.8 Å². The first-order valence-electron chi connectivity index (χ1n) is 6.48. The van der Waals surface area contributed by atoms with Gasteiger partial charge in [0.1, 0.15) is 0 Å². The number of rotatable bonds is 2. The zero-order valence-electron chi connectivity index (χ0n) is 13.1. The Hall–Kier alpha value is 0.01000. The van der Waals surface area contributed by atoms with Gasteiger partial charge in [0.15, 0.2) is 0 Å². The third-order valence-corrected chi connectivity index (χ3v) is 9.32. The first kappa shape index (κ1) is 16.1. The summed E-state index contributed by atoms with van der Waals surface area (Å²) >= 11 is 0. The fourth-order valence-electron chi connectivity index (χ4n) is 1.47. The molecule has 102 valence electrons. The SMILES string of the molecule is CP(c1cccc(P(C)C(C)(C)C)n1)C(C)(C)C. The van der Waals surface area contributed by atoms with Crippen LogP contribution in [-0.2, 0) is 0 Å².